The van der Waals surface area contributed by atoms with E-state index in [9.17, 15) is 4.79 Å². The third-order valence-electron chi connectivity index (χ3n) is 4.22. The molecule has 1 amide bonds. The van der Waals surface area contributed by atoms with E-state index in [1.54, 1.807) is 23.1 Å². The highest BCUT2D eigenvalue weighted by atomic mass is 32.2. The number of rotatable bonds is 11. The molecule has 0 atom stereocenters. The summed E-state index contributed by atoms with van der Waals surface area (Å²) in [5.41, 5.74) is 0.910. The lowest BCUT2D eigenvalue weighted by Crippen LogP contribution is -2.25. The predicted octanol–water partition coefficient (Wildman–Crippen LogP) is 3.45. The van der Waals surface area contributed by atoms with Crippen molar-refractivity contribution in [1.82, 2.24) is 30.3 Å². The first kappa shape index (κ1) is 21.5. The fourth-order valence-corrected chi connectivity index (χ4v) is 4.00. The molecule has 0 bridgehead atoms. The van der Waals surface area contributed by atoms with E-state index >= 15 is 0 Å². The molecule has 29 heavy (non-hydrogen) atoms. The normalized spacial score (nSPS) is 11.3. The molecular formula is C19H26N6O2S2. The first-order valence-corrected chi connectivity index (χ1v) is 11.8. The Bertz CT molecular complexity index is 904. The Morgan fingerprint density at radius 3 is 2.86 bits per heavy atom. The van der Waals surface area contributed by atoms with Crippen LogP contribution in [0.3, 0.4) is 0 Å². The molecule has 0 radical (unpaired) electrons. The Morgan fingerprint density at radius 1 is 1.28 bits per heavy atom. The Morgan fingerprint density at radius 2 is 2.14 bits per heavy atom. The molecule has 8 nitrogen and oxygen atoms in total. The fraction of sp³-hybridized carbons (Fsp3) is 0.526. The first-order valence-electron chi connectivity index (χ1n) is 9.64. The van der Waals surface area contributed by atoms with Crippen LogP contribution in [0.2, 0.25) is 0 Å². The second-order valence-corrected chi connectivity index (χ2v) is 8.63. The number of carbonyl (C=O) groups is 1. The third-order valence-corrected chi connectivity index (χ3v) is 5.57. The number of thiophene rings is 1. The van der Waals surface area contributed by atoms with E-state index in [1.165, 1.54) is 0 Å². The largest absolute Gasteiger partial charge is 0.421 e. The van der Waals surface area contributed by atoms with Gasteiger partial charge in [-0.2, -0.15) is 11.3 Å². The Kier molecular flexibility index (Phi) is 7.82. The summed E-state index contributed by atoms with van der Waals surface area (Å²) in [6.45, 7) is 5.87. The lowest BCUT2D eigenvalue weighted by molar-refractivity contribution is -0.121. The van der Waals surface area contributed by atoms with Gasteiger partial charge in [-0.1, -0.05) is 25.6 Å². The summed E-state index contributed by atoms with van der Waals surface area (Å²) in [5, 5.41) is 24.4. The van der Waals surface area contributed by atoms with Crippen LogP contribution in [0.25, 0.3) is 11.5 Å². The predicted molar refractivity (Wildman–Crippen MR) is 114 cm³/mol. The summed E-state index contributed by atoms with van der Waals surface area (Å²) >= 11 is 3.18. The van der Waals surface area contributed by atoms with Gasteiger partial charge in [0, 0.05) is 43.3 Å². The van der Waals surface area contributed by atoms with Gasteiger partial charge in [0.05, 0.1) is 0 Å². The van der Waals surface area contributed by atoms with E-state index in [2.05, 4.69) is 44.1 Å². The third kappa shape index (κ3) is 6.14. The molecule has 3 rings (SSSR count). The average molecular weight is 435 g/mol. The topological polar surface area (TPSA) is 98.7 Å². The number of aryl methyl sites for hydroxylation is 2. The molecule has 0 spiro atoms. The SMILES string of the molecule is CSc1nnc(CCCNC(=O)CCc2nnc(-c3ccsc3)o2)n1CC(C)C. The van der Waals surface area contributed by atoms with E-state index in [0.717, 1.165) is 35.9 Å². The lowest BCUT2D eigenvalue weighted by atomic mass is 10.2. The number of thioether (sulfide) groups is 1. The molecule has 0 aromatic carbocycles. The highest BCUT2D eigenvalue weighted by Crippen LogP contribution is 2.20. The lowest BCUT2D eigenvalue weighted by Gasteiger charge is -2.11. The van der Waals surface area contributed by atoms with Crippen LogP contribution < -0.4 is 5.32 Å². The van der Waals surface area contributed by atoms with Crippen molar-refractivity contribution in [2.75, 3.05) is 12.8 Å². The number of amides is 1. The molecule has 1 N–H and O–H groups in total. The van der Waals surface area contributed by atoms with Crippen molar-refractivity contribution in [1.29, 1.82) is 0 Å². The maximum absolute atomic E-state index is 12.1. The molecule has 10 heteroatoms. The van der Waals surface area contributed by atoms with Crippen molar-refractivity contribution in [3.63, 3.8) is 0 Å². The molecule has 0 unspecified atom stereocenters. The zero-order valence-electron chi connectivity index (χ0n) is 16.9. The maximum atomic E-state index is 12.1. The van der Waals surface area contributed by atoms with Gasteiger partial charge in [-0.05, 0) is 30.0 Å². The average Bonchev–Trinajstić information content (AvgIpc) is 3.44. The molecule has 0 aliphatic carbocycles. The van der Waals surface area contributed by atoms with Crippen LogP contribution in [0.4, 0.5) is 0 Å². The van der Waals surface area contributed by atoms with E-state index in [1.807, 2.05) is 23.1 Å². The summed E-state index contributed by atoms with van der Waals surface area (Å²) in [4.78, 5) is 12.1. The number of carbonyl (C=O) groups excluding carboxylic acids is 1. The van der Waals surface area contributed by atoms with Gasteiger partial charge in [0.15, 0.2) is 5.16 Å². The van der Waals surface area contributed by atoms with Crippen LogP contribution in [0.15, 0.2) is 26.4 Å². The van der Waals surface area contributed by atoms with Crippen molar-refractivity contribution in [2.24, 2.45) is 5.92 Å². The Hall–Kier alpha value is -2.20. The molecule has 3 aromatic heterocycles. The van der Waals surface area contributed by atoms with E-state index in [4.69, 9.17) is 4.42 Å². The van der Waals surface area contributed by atoms with E-state index in [-0.39, 0.29) is 5.91 Å². The summed E-state index contributed by atoms with van der Waals surface area (Å²) < 4.78 is 7.78. The number of nitrogens with zero attached hydrogens (tertiary/aromatic N) is 5. The van der Waals surface area contributed by atoms with Crippen molar-refractivity contribution >= 4 is 29.0 Å². The van der Waals surface area contributed by atoms with Crippen LogP contribution in [-0.2, 0) is 24.2 Å². The van der Waals surface area contributed by atoms with Crippen LogP contribution >= 0.6 is 23.1 Å². The second kappa shape index (κ2) is 10.5. The van der Waals surface area contributed by atoms with Gasteiger partial charge in [-0.15, -0.1) is 20.4 Å². The van der Waals surface area contributed by atoms with Gasteiger partial charge < -0.3 is 14.3 Å². The van der Waals surface area contributed by atoms with E-state index < -0.39 is 0 Å². The minimum absolute atomic E-state index is 0.0197. The zero-order valence-corrected chi connectivity index (χ0v) is 18.6. The monoisotopic (exact) mass is 434 g/mol. The number of hydrogen-bond acceptors (Lipinski definition) is 8. The first-order chi connectivity index (χ1) is 14.1. The summed E-state index contributed by atoms with van der Waals surface area (Å²) in [7, 11) is 0. The van der Waals surface area contributed by atoms with Crippen LogP contribution in [0.1, 0.15) is 38.4 Å². The van der Waals surface area contributed by atoms with Crippen molar-refractivity contribution in [3.8, 4) is 11.5 Å². The number of nitrogens with one attached hydrogen (secondary N) is 1. The fourth-order valence-electron chi connectivity index (χ4n) is 2.84. The number of aromatic nitrogens is 5. The zero-order chi connectivity index (χ0) is 20.6. The molecule has 0 saturated heterocycles. The van der Waals surface area contributed by atoms with Gasteiger partial charge in [-0.25, -0.2) is 0 Å². The molecule has 3 heterocycles. The number of hydrogen-bond donors (Lipinski definition) is 1. The summed E-state index contributed by atoms with van der Waals surface area (Å²) in [6, 6.07) is 1.93. The second-order valence-electron chi connectivity index (χ2n) is 7.07. The summed E-state index contributed by atoms with van der Waals surface area (Å²) in [6.07, 6.45) is 4.37. The van der Waals surface area contributed by atoms with Gasteiger partial charge >= 0.3 is 0 Å². The van der Waals surface area contributed by atoms with Gasteiger partial charge in [0.1, 0.15) is 5.82 Å². The van der Waals surface area contributed by atoms with Crippen molar-refractivity contribution < 1.29 is 9.21 Å². The maximum Gasteiger partial charge on any atom is 0.248 e. The van der Waals surface area contributed by atoms with Crippen LogP contribution in [0, 0.1) is 5.92 Å². The van der Waals surface area contributed by atoms with Gasteiger partial charge in [-0.3, -0.25) is 4.79 Å². The van der Waals surface area contributed by atoms with Crippen LogP contribution in [-0.4, -0.2) is 43.7 Å². The molecule has 0 saturated carbocycles. The highest BCUT2D eigenvalue weighted by Gasteiger charge is 2.13. The van der Waals surface area contributed by atoms with Gasteiger partial charge in [0.2, 0.25) is 17.7 Å². The minimum Gasteiger partial charge on any atom is -0.421 e. The van der Waals surface area contributed by atoms with Crippen molar-refractivity contribution in [3.05, 3.63) is 28.5 Å². The summed E-state index contributed by atoms with van der Waals surface area (Å²) in [5.74, 6) is 2.46. The highest BCUT2D eigenvalue weighted by molar-refractivity contribution is 7.98. The molecule has 0 aliphatic heterocycles. The molecule has 0 fully saturated rings. The molecule has 0 aliphatic rings. The smallest absolute Gasteiger partial charge is 0.248 e. The van der Waals surface area contributed by atoms with E-state index in [0.29, 0.717) is 37.1 Å². The molecule has 156 valence electrons. The van der Waals surface area contributed by atoms with Crippen molar-refractivity contribution in [2.45, 2.75) is 51.2 Å². The van der Waals surface area contributed by atoms with Gasteiger partial charge in [0.25, 0.3) is 0 Å². The Labute approximate surface area is 178 Å². The van der Waals surface area contributed by atoms with Crippen LogP contribution in [0.5, 0.6) is 0 Å². The Balaban J connectivity index is 1.39. The quantitative estimate of drug-likeness (QED) is 0.364. The minimum atomic E-state index is -0.0197. The molecule has 3 aromatic rings. The molecular weight excluding hydrogens is 408 g/mol. The standard InChI is InChI=1S/C19H26N6O2S2/c1-13(2)11-25-15(21-24-19(25)28-3)5-4-9-20-16(26)6-7-17-22-23-18(27-17)14-8-10-29-12-14/h8,10,12-13H,4-7,9,11H2,1-3H3,(H,20,26).